The maximum atomic E-state index is 6.06. The van der Waals surface area contributed by atoms with Crippen LogP contribution >= 0.6 is 0 Å². The quantitative estimate of drug-likeness (QED) is 0.854. The van der Waals surface area contributed by atoms with Gasteiger partial charge in [0, 0.05) is 18.6 Å². The van der Waals surface area contributed by atoms with Crippen LogP contribution in [0.4, 0.5) is 5.95 Å². The number of hydrogen-bond donors (Lipinski definition) is 1. The van der Waals surface area contributed by atoms with Crippen molar-refractivity contribution in [1.82, 2.24) is 15.0 Å². The predicted octanol–water partition coefficient (Wildman–Crippen LogP) is 0.595. The van der Waals surface area contributed by atoms with Crippen molar-refractivity contribution >= 4 is 5.95 Å². The smallest absolute Gasteiger partial charge is 0.324 e. The average Bonchev–Trinajstić information content (AvgIpc) is 2.46. The van der Waals surface area contributed by atoms with E-state index < -0.39 is 0 Å². The van der Waals surface area contributed by atoms with E-state index in [4.69, 9.17) is 15.2 Å². The van der Waals surface area contributed by atoms with Crippen molar-refractivity contribution in [2.24, 2.45) is 5.73 Å². The number of anilines is 1. The molecule has 2 heterocycles. The van der Waals surface area contributed by atoms with Crippen LogP contribution in [0.2, 0.25) is 0 Å². The zero-order chi connectivity index (χ0) is 13.8. The third-order valence-electron chi connectivity index (χ3n) is 3.36. The van der Waals surface area contributed by atoms with Gasteiger partial charge in [-0.25, -0.2) is 0 Å². The maximum Gasteiger partial charge on any atom is 0.324 e. The predicted molar refractivity (Wildman–Crippen MR) is 71.6 cm³/mol. The van der Waals surface area contributed by atoms with Crippen LogP contribution in [0.15, 0.2) is 0 Å². The first-order valence-corrected chi connectivity index (χ1v) is 6.52. The molecule has 0 aromatic carbocycles. The molecule has 2 unspecified atom stereocenters. The van der Waals surface area contributed by atoms with Gasteiger partial charge in [0.05, 0.1) is 14.2 Å². The molecule has 19 heavy (non-hydrogen) atoms. The largest absolute Gasteiger partial charge is 0.467 e. The summed E-state index contributed by atoms with van der Waals surface area (Å²) >= 11 is 0. The number of nitrogens with two attached hydrogens (primary N) is 1. The summed E-state index contributed by atoms with van der Waals surface area (Å²) in [6, 6.07) is 0.825. The van der Waals surface area contributed by atoms with Crippen molar-refractivity contribution in [1.29, 1.82) is 0 Å². The topological polar surface area (TPSA) is 86.4 Å². The monoisotopic (exact) mass is 267 g/mol. The Labute approximate surface area is 113 Å². The molecule has 0 amide bonds. The molecule has 106 valence electrons. The van der Waals surface area contributed by atoms with Gasteiger partial charge in [0.25, 0.3) is 0 Å². The summed E-state index contributed by atoms with van der Waals surface area (Å²) in [5.41, 5.74) is 6.06. The van der Waals surface area contributed by atoms with Crippen molar-refractivity contribution < 1.29 is 9.47 Å². The van der Waals surface area contributed by atoms with Crippen LogP contribution < -0.4 is 20.1 Å². The van der Waals surface area contributed by atoms with E-state index in [1.165, 1.54) is 20.6 Å². The highest BCUT2D eigenvalue weighted by molar-refractivity contribution is 5.35. The molecular weight excluding hydrogens is 246 g/mol. The molecule has 1 aliphatic rings. The molecule has 1 aromatic heterocycles. The summed E-state index contributed by atoms with van der Waals surface area (Å²) in [5.74, 6) is 0.575. The molecule has 1 aromatic rings. The van der Waals surface area contributed by atoms with Gasteiger partial charge in [-0.1, -0.05) is 0 Å². The van der Waals surface area contributed by atoms with Gasteiger partial charge in [-0.3, -0.25) is 0 Å². The number of hydrogen-bond acceptors (Lipinski definition) is 7. The number of piperidine rings is 1. The number of methoxy groups -OCH3 is 2. The molecule has 2 N–H and O–H groups in total. The van der Waals surface area contributed by atoms with Gasteiger partial charge in [0.1, 0.15) is 0 Å². The first kappa shape index (κ1) is 13.8. The Morgan fingerprint density at radius 3 is 2.32 bits per heavy atom. The molecule has 7 nitrogen and oxygen atoms in total. The Hall–Kier alpha value is -1.63. The Bertz CT molecular complexity index is 404. The van der Waals surface area contributed by atoms with Crippen molar-refractivity contribution in [2.75, 3.05) is 25.7 Å². The van der Waals surface area contributed by atoms with Crippen molar-refractivity contribution in [3.8, 4) is 12.0 Å². The second-order valence-corrected chi connectivity index (χ2v) is 4.72. The van der Waals surface area contributed by atoms with Gasteiger partial charge < -0.3 is 20.1 Å². The Kier molecular flexibility index (Phi) is 4.36. The highest BCUT2D eigenvalue weighted by Gasteiger charge is 2.28. The molecule has 0 bridgehead atoms. The van der Waals surface area contributed by atoms with Gasteiger partial charge >= 0.3 is 12.0 Å². The Morgan fingerprint density at radius 1 is 1.16 bits per heavy atom. The standard InChI is InChI=1S/C12H21N5O2/c1-8(13)9-6-4-5-7-17(9)10-14-11(18-2)16-12(15-10)19-3/h8-9H,4-7,13H2,1-3H3. The van der Waals surface area contributed by atoms with E-state index in [-0.39, 0.29) is 24.1 Å². The van der Waals surface area contributed by atoms with Crippen LogP contribution in [0.1, 0.15) is 26.2 Å². The fourth-order valence-electron chi connectivity index (χ4n) is 2.39. The Morgan fingerprint density at radius 2 is 1.79 bits per heavy atom. The van der Waals surface area contributed by atoms with Crippen molar-refractivity contribution in [3.63, 3.8) is 0 Å². The highest BCUT2D eigenvalue weighted by atomic mass is 16.5. The third-order valence-corrected chi connectivity index (χ3v) is 3.36. The van der Waals surface area contributed by atoms with E-state index in [1.54, 1.807) is 0 Å². The summed E-state index contributed by atoms with van der Waals surface area (Å²) in [5, 5.41) is 0. The lowest BCUT2D eigenvalue weighted by molar-refractivity contribution is 0.335. The number of ether oxygens (including phenoxy) is 2. The molecule has 0 saturated carbocycles. The van der Waals surface area contributed by atoms with E-state index in [2.05, 4.69) is 19.9 Å². The molecule has 0 spiro atoms. The molecule has 7 heteroatoms. The second-order valence-electron chi connectivity index (χ2n) is 4.72. The van der Waals surface area contributed by atoms with Crippen LogP contribution in [-0.2, 0) is 0 Å². The van der Waals surface area contributed by atoms with E-state index in [0.29, 0.717) is 5.95 Å². The molecular formula is C12H21N5O2. The van der Waals surface area contributed by atoms with E-state index in [0.717, 1.165) is 19.4 Å². The highest BCUT2D eigenvalue weighted by Crippen LogP contribution is 2.25. The van der Waals surface area contributed by atoms with Crippen LogP contribution in [0, 0.1) is 0 Å². The first-order chi connectivity index (χ1) is 9.15. The van der Waals surface area contributed by atoms with E-state index in [1.807, 2.05) is 6.92 Å². The average molecular weight is 267 g/mol. The first-order valence-electron chi connectivity index (χ1n) is 6.52. The SMILES string of the molecule is COc1nc(OC)nc(N2CCCCC2C(C)N)n1. The van der Waals surface area contributed by atoms with E-state index >= 15 is 0 Å². The number of nitrogens with zero attached hydrogens (tertiary/aromatic N) is 4. The second kappa shape index (κ2) is 6.01. The summed E-state index contributed by atoms with van der Waals surface area (Å²) < 4.78 is 10.2. The molecule has 0 aliphatic carbocycles. The lowest BCUT2D eigenvalue weighted by Gasteiger charge is -2.37. The van der Waals surface area contributed by atoms with Crippen LogP contribution in [0.5, 0.6) is 12.0 Å². The van der Waals surface area contributed by atoms with E-state index in [9.17, 15) is 0 Å². The zero-order valence-corrected chi connectivity index (χ0v) is 11.7. The van der Waals surface area contributed by atoms with Crippen LogP contribution in [0.3, 0.4) is 0 Å². The molecule has 2 atom stereocenters. The van der Waals surface area contributed by atoms with Gasteiger partial charge in [0.2, 0.25) is 5.95 Å². The van der Waals surface area contributed by atoms with Crippen LogP contribution in [0.25, 0.3) is 0 Å². The molecule has 1 aliphatic heterocycles. The van der Waals surface area contributed by atoms with Gasteiger partial charge in [-0.15, -0.1) is 4.98 Å². The maximum absolute atomic E-state index is 6.06. The molecule has 2 rings (SSSR count). The summed E-state index contributed by atoms with van der Waals surface area (Å²) in [6.45, 7) is 2.90. The molecule has 0 radical (unpaired) electrons. The minimum Gasteiger partial charge on any atom is -0.467 e. The fraction of sp³-hybridized carbons (Fsp3) is 0.750. The summed E-state index contributed by atoms with van der Waals surface area (Å²) in [6.07, 6.45) is 3.34. The molecule has 1 fully saturated rings. The third kappa shape index (κ3) is 3.04. The molecule has 1 saturated heterocycles. The normalized spacial score (nSPS) is 21.1. The summed E-state index contributed by atoms with van der Waals surface area (Å²) in [7, 11) is 3.05. The zero-order valence-electron chi connectivity index (χ0n) is 11.7. The van der Waals surface area contributed by atoms with Crippen molar-refractivity contribution in [2.45, 2.75) is 38.3 Å². The van der Waals surface area contributed by atoms with Gasteiger partial charge in [-0.2, -0.15) is 9.97 Å². The lowest BCUT2D eigenvalue weighted by atomic mass is 9.97. The minimum atomic E-state index is 0.0639. The summed E-state index contributed by atoms with van der Waals surface area (Å²) in [4.78, 5) is 14.7. The lowest BCUT2D eigenvalue weighted by Crippen LogP contribution is -2.50. The van der Waals surface area contributed by atoms with Gasteiger partial charge in [0.15, 0.2) is 0 Å². The number of rotatable bonds is 4. The van der Waals surface area contributed by atoms with Gasteiger partial charge in [-0.05, 0) is 26.2 Å². The Balaban J connectivity index is 2.32. The minimum absolute atomic E-state index is 0.0639. The van der Waals surface area contributed by atoms with Crippen molar-refractivity contribution in [3.05, 3.63) is 0 Å². The van der Waals surface area contributed by atoms with Crippen LogP contribution in [-0.4, -0.2) is 47.8 Å². The number of aromatic nitrogens is 3. The fourth-order valence-corrected chi connectivity index (χ4v) is 2.39.